The molecular weight excluding hydrogens is 418 g/mol. The molecule has 1 unspecified atom stereocenters. The first-order valence-electron chi connectivity index (χ1n) is 9.57. The van der Waals surface area contributed by atoms with E-state index in [1.807, 2.05) is 0 Å². The molecule has 0 saturated carbocycles. The van der Waals surface area contributed by atoms with Gasteiger partial charge in [-0.2, -0.15) is 0 Å². The first-order valence-corrected chi connectivity index (χ1v) is 9.57. The number of benzene rings is 2. The summed E-state index contributed by atoms with van der Waals surface area (Å²) in [7, 11) is 1.48. The molecule has 0 spiro atoms. The van der Waals surface area contributed by atoms with Gasteiger partial charge in [0.2, 0.25) is 0 Å². The van der Waals surface area contributed by atoms with E-state index in [-0.39, 0.29) is 22.5 Å². The molecule has 2 amide bonds. The fraction of sp³-hybridized carbons (Fsp3) is 0.227. The van der Waals surface area contributed by atoms with Gasteiger partial charge in [-0.15, -0.1) is 0 Å². The lowest BCUT2D eigenvalue weighted by atomic mass is 10.0. The number of carboxylic acids is 1. The zero-order valence-corrected chi connectivity index (χ0v) is 17.7. The number of hydrogen-bond donors (Lipinski definition) is 3. The van der Waals surface area contributed by atoms with Gasteiger partial charge in [-0.1, -0.05) is 26.0 Å². The van der Waals surface area contributed by atoms with Crippen LogP contribution < -0.4 is 15.4 Å². The molecule has 0 aliphatic carbocycles. The molecule has 0 fully saturated rings. The van der Waals surface area contributed by atoms with Gasteiger partial charge in [-0.25, -0.2) is 4.79 Å². The van der Waals surface area contributed by atoms with Gasteiger partial charge in [-0.05, 0) is 41.8 Å². The lowest BCUT2D eigenvalue weighted by molar-refractivity contribution is -0.384. The molecule has 3 N–H and O–H groups in total. The van der Waals surface area contributed by atoms with Crippen LogP contribution in [-0.4, -0.2) is 41.0 Å². The zero-order valence-electron chi connectivity index (χ0n) is 17.7. The summed E-state index contributed by atoms with van der Waals surface area (Å²) in [6, 6.07) is 10.4. The molecule has 0 aliphatic heterocycles. The number of nitro groups is 1. The van der Waals surface area contributed by atoms with Gasteiger partial charge in [0, 0.05) is 17.7 Å². The topological polar surface area (TPSA) is 148 Å². The molecule has 2 rings (SSSR count). The Bertz CT molecular complexity index is 1050. The average molecular weight is 441 g/mol. The minimum absolute atomic E-state index is 0.203. The van der Waals surface area contributed by atoms with Crippen LogP contribution >= 0.6 is 0 Å². The smallest absolute Gasteiger partial charge is 0.326 e. The number of ether oxygens (including phenoxy) is 1. The van der Waals surface area contributed by atoms with Crippen molar-refractivity contribution in [2.45, 2.75) is 19.9 Å². The maximum absolute atomic E-state index is 12.8. The van der Waals surface area contributed by atoms with E-state index < -0.39 is 34.7 Å². The monoisotopic (exact) mass is 441 g/mol. The standard InChI is InChI=1S/C22H23N3O7/c1-13(2)19(22(28)29)24-21(27)18(12-14-5-4-6-16(11-14)25(30)31)23-20(26)15-7-9-17(32-3)10-8-15/h4-13,19H,1-3H3,(H,23,26)(H,24,27)(H,28,29)/b18-12-. The highest BCUT2D eigenvalue weighted by molar-refractivity contribution is 6.06. The quantitative estimate of drug-likeness (QED) is 0.308. The summed E-state index contributed by atoms with van der Waals surface area (Å²) < 4.78 is 5.05. The van der Waals surface area contributed by atoms with Crippen molar-refractivity contribution >= 4 is 29.5 Å². The van der Waals surface area contributed by atoms with Crippen LogP contribution in [0.3, 0.4) is 0 Å². The van der Waals surface area contributed by atoms with Crippen LogP contribution in [0.15, 0.2) is 54.2 Å². The summed E-state index contributed by atoms with van der Waals surface area (Å²) in [5, 5.41) is 25.2. The fourth-order valence-corrected chi connectivity index (χ4v) is 2.72. The lowest BCUT2D eigenvalue weighted by Gasteiger charge is -2.19. The minimum Gasteiger partial charge on any atom is -0.497 e. The molecule has 10 heteroatoms. The van der Waals surface area contributed by atoms with E-state index in [1.54, 1.807) is 26.0 Å². The summed E-state index contributed by atoms with van der Waals surface area (Å²) in [6.45, 7) is 3.25. The van der Waals surface area contributed by atoms with Crippen molar-refractivity contribution in [2.75, 3.05) is 7.11 Å². The second-order valence-electron chi connectivity index (χ2n) is 7.13. The van der Waals surface area contributed by atoms with Gasteiger partial charge in [0.05, 0.1) is 12.0 Å². The first-order chi connectivity index (χ1) is 15.1. The molecule has 0 radical (unpaired) electrons. The van der Waals surface area contributed by atoms with Crippen LogP contribution in [-0.2, 0) is 9.59 Å². The highest BCUT2D eigenvalue weighted by atomic mass is 16.6. The number of non-ortho nitro benzene ring substituents is 1. The van der Waals surface area contributed by atoms with Gasteiger partial charge >= 0.3 is 5.97 Å². The Kier molecular flexibility index (Phi) is 8.05. The summed E-state index contributed by atoms with van der Waals surface area (Å²) in [6.07, 6.45) is 1.24. The Labute approximate surface area is 184 Å². The Morgan fingerprint density at radius 1 is 1.12 bits per heavy atom. The van der Waals surface area contributed by atoms with E-state index in [0.717, 1.165) is 0 Å². The van der Waals surface area contributed by atoms with Crippen molar-refractivity contribution in [3.05, 3.63) is 75.5 Å². The van der Waals surface area contributed by atoms with Crippen molar-refractivity contribution in [2.24, 2.45) is 5.92 Å². The summed E-state index contributed by atoms with van der Waals surface area (Å²) >= 11 is 0. The Hall–Kier alpha value is -4.21. The molecule has 10 nitrogen and oxygen atoms in total. The highest BCUT2D eigenvalue weighted by Gasteiger charge is 2.26. The number of carboxylic acid groups (broad SMARTS) is 1. The third-order valence-corrected chi connectivity index (χ3v) is 4.46. The summed E-state index contributed by atoms with van der Waals surface area (Å²) in [5.74, 6) is -2.60. The van der Waals surface area contributed by atoms with E-state index in [1.165, 1.54) is 49.6 Å². The van der Waals surface area contributed by atoms with Crippen LogP contribution in [0.1, 0.15) is 29.8 Å². The lowest BCUT2D eigenvalue weighted by Crippen LogP contribution is -2.47. The number of carbonyl (C=O) groups is 3. The van der Waals surface area contributed by atoms with Crippen molar-refractivity contribution in [1.82, 2.24) is 10.6 Å². The van der Waals surface area contributed by atoms with Crippen LogP contribution in [0.2, 0.25) is 0 Å². The number of rotatable bonds is 9. The number of amides is 2. The van der Waals surface area contributed by atoms with Gasteiger partial charge in [0.15, 0.2) is 0 Å². The Morgan fingerprint density at radius 2 is 1.78 bits per heavy atom. The fourth-order valence-electron chi connectivity index (χ4n) is 2.72. The highest BCUT2D eigenvalue weighted by Crippen LogP contribution is 2.17. The number of aliphatic carboxylic acids is 1. The maximum Gasteiger partial charge on any atom is 0.326 e. The Balaban J connectivity index is 2.40. The SMILES string of the molecule is COc1ccc(C(=O)N/C(=C\c2cccc([N+](=O)[O-])c2)C(=O)NC(C(=O)O)C(C)C)cc1. The zero-order chi connectivity index (χ0) is 23.8. The molecule has 0 aliphatic rings. The molecule has 2 aromatic carbocycles. The number of hydrogen-bond acceptors (Lipinski definition) is 6. The molecular formula is C22H23N3O7. The molecule has 0 saturated heterocycles. The third-order valence-electron chi connectivity index (χ3n) is 4.46. The molecule has 0 heterocycles. The normalized spacial score (nSPS) is 12.1. The first kappa shape index (κ1) is 24.1. The van der Waals surface area contributed by atoms with Crippen LogP contribution in [0, 0.1) is 16.0 Å². The number of nitro benzene ring substituents is 1. The number of nitrogens with zero attached hydrogens (tertiary/aromatic N) is 1. The van der Waals surface area contributed by atoms with Crippen LogP contribution in [0.25, 0.3) is 6.08 Å². The largest absolute Gasteiger partial charge is 0.497 e. The number of methoxy groups -OCH3 is 1. The maximum atomic E-state index is 12.8. The number of carbonyl (C=O) groups excluding carboxylic acids is 2. The average Bonchev–Trinajstić information content (AvgIpc) is 2.76. The van der Waals surface area contributed by atoms with Crippen molar-refractivity contribution < 1.29 is 29.2 Å². The van der Waals surface area contributed by atoms with Crippen LogP contribution in [0.4, 0.5) is 5.69 Å². The second kappa shape index (κ2) is 10.7. The Morgan fingerprint density at radius 3 is 2.31 bits per heavy atom. The molecule has 168 valence electrons. The molecule has 1 atom stereocenters. The van der Waals surface area contributed by atoms with Gasteiger partial charge in [0.1, 0.15) is 17.5 Å². The number of nitrogens with one attached hydrogen (secondary N) is 2. The van der Waals surface area contributed by atoms with E-state index in [0.29, 0.717) is 5.75 Å². The van der Waals surface area contributed by atoms with Crippen molar-refractivity contribution in [1.29, 1.82) is 0 Å². The molecule has 2 aromatic rings. The summed E-state index contributed by atoms with van der Waals surface area (Å²) in [5.41, 5.74) is 0.0294. The van der Waals surface area contributed by atoms with Gasteiger partial charge < -0.3 is 20.5 Å². The predicted octanol–water partition coefficient (Wildman–Crippen LogP) is 2.60. The minimum atomic E-state index is -1.23. The van der Waals surface area contributed by atoms with Crippen molar-refractivity contribution in [3.63, 3.8) is 0 Å². The van der Waals surface area contributed by atoms with E-state index >= 15 is 0 Å². The van der Waals surface area contributed by atoms with Crippen molar-refractivity contribution in [3.8, 4) is 5.75 Å². The van der Waals surface area contributed by atoms with E-state index in [4.69, 9.17) is 4.74 Å². The summed E-state index contributed by atoms with van der Waals surface area (Å²) in [4.78, 5) is 47.4. The van der Waals surface area contributed by atoms with Crippen LogP contribution in [0.5, 0.6) is 5.75 Å². The molecule has 0 aromatic heterocycles. The van der Waals surface area contributed by atoms with E-state index in [9.17, 15) is 29.6 Å². The van der Waals surface area contributed by atoms with E-state index in [2.05, 4.69) is 10.6 Å². The van der Waals surface area contributed by atoms with Gasteiger partial charge in [0.25, 0.3) is 17.5 Å². The predicted molar refractivity (Wildman–Crippen MR) is 116 cm³/mol. The third kappa shape index (κ3) is 6.39. The molecule has 0 bridgehead atoms. The van der Waals surface area contributed by atoms with Gasteiger partial charge in [-0.3, -0.25) is 19.7 Å². The molecule has 32 heavy (non-hydrogen) atoms. The second-order valence-corrected chi connectivity index (χ2v) is 7.13.